The normalized spacial score (nSPS) is 28.5. The Labute approximate surface area is 87.4 Å². The minimum absolute atomic E-state index is 0.777. The van der Waals surface area contributed by atoms with Crippen molar-refractivity contribution in [3.63, 3.8) is 0 Å². The van der Waals surface area contributed by atoms with Crippen LogP contribution in [0.4, 0.5) is 0 Å². The van der Waals surface area contributed by atoms with Gasteiger partial charge in [0.05, 0.1) is 0 Å². The third kappa shape index (κ3) is 2.76. The first-order valence-corrected chi connectivity index (χ1v) is 5.44. The van der Waals surface area contributed by atoms with E-state index in [1.807, 2.05) is 0 Å². The Balaban J connectivity index is 2.92. The molecule has 1 heteroatoms. The van der Waals surface area contributed by atoms with Gasteiger partial charge < -0.3 is 5.73 Å². The monoisotopic (exact) mass is 191 g/mol. The minimum atomic E-state index is 0.777. The summed E-state index contributed by atoms with van der Waals surface area (Å²) in [5.41, 5.74) is 9.49. The standard InChI is InChI=1S/C13H21N/c1-4-11(3)12-9-8-10(2)6-5-7-13(12)14/h4,7,9-10H,5-6,8,14H2,1-3H3/b11-4-,12-9-,13-7?. The third-order valence-electron chi connectivity index (χ3n) is 2.92. The first kappa shape index (κ1) is 11.1. The molecule has 0 spiro atoms. The van der Waals surface area contributed by atoms with E-state index >= 15 is 0 Å². The SMILES string of the molecule is C/C=C(C)\C1=C\CC(C)CCC=C1N. The lowest BCUT2D eigenvalue weighted by Crippen LogP contribution is -2.06. The van der Waals surface area contributed by atoms with E-state index < -0.39 is 0 Å². The predicted molar refractivity (Wildman–Crippen MR) is 62.8 cm³/mol. The molecule has 1 atom stereocenters. The van der Waals surface area contributed by atoms with Gasteiger partial charge >= 0.3 is 0 Å². The molecule has 0 bridgehead atoms. The van der Waals surface area contributed by atoms with E-state index in [-0.39, 0.29) is 0 Å². The van der Waals surface area contributed by atoms with Crippen molar-refractivity contribution in [3.8, 4) is 0 Å². The van der Waals surface area contributed by atoms with Crippen LogP contribution in [0.15, 0.2) is 35.1 Å². The number of rotatable bonds is 1. The lowest BCUT2D eigenvalue weighted by atomic mass is 9.93. The fraction of sp³-hybridized carbons (Fsp3) is 0.538. The zero-order valence-corrected chi connectivity index (χ0v) is 9.51. The van der Waals surface area contributed by atoms with Crippen molar-refractivity contribution in [2.75, 3.05) is 0 Å². The molecule has 0 aromatic carbocycles. The Kier molecular flexibility index (Phi) is 3.99. The van der Waals surface area contributed by atoms with Crippen LogP contribution in [0.5, 0.6) is 0 Å². The lowest BCUT2D eigenvalue weighted by molar-refractivity contribution is 0.541. The van der Waals surface area contributed by atoms with Gasteiger partial charge in [0.25, 0.3) is 0 Å². The summed E-state index contributed by atoms with van der Waals surface area (Å²) in [7, 11) is 0. The number of nitrogens with two attached hydrogens (primary N) is 1. The first-order chi connectivity index (χ1) is 6.65. The summed E-state index contributed by atoms with van der Waals surface area (Å²) >= 11 is 0. The molecular formula is C13H21N. The van der Waals surface area contributed by atoms with Crippen molar-refractivity contribution in [1.29, 1.82) is 0 Å². The summed E-state index contributed by atoms with van der Waals surface area (Å²) in [6.07, 6.45) is 10.1. The molecule has 0 saturated carbocycles. The zero-order valence-electron chi connectivity index (χ0n) is 9.51. The quantitative estimate of drug-likeness (QED) is 0.674. The van der Waals surface area contributed by atoms with E-state index in [9.17, 15) is 0 Å². The summed E-state index contributed by atoms with van der Waals surface area (Å²) < 4.78 is 0. The van der Waals surface area contributed by atoms with E-state index in [2.05, 4.69) is 39.0 Å². The second kappa shape index (κ2) is 5.04. The van der Waals surface area contributed by atoms with E-state index in [0.717, 1.165) is 24.5 Å². The molecule has 0 heterocycles. The molecular weight excluding hydrogens is 170 g/mol. The van der Waals surface area contributed by atoms with Gasteiger partial charge in [0, 0.05) is 5.70 Å². The largest absolute Gasteiger partial charge is 0.399 e. The zero-order chi connectivity index (χ0) is 10.6. The number of hydrogen-bond donors (Lipinski definition) is 1. The molecule has 2 N–H and O–H groups in total. The van der Waals surface area contributed by atoms with Crippen LogP contribution >= 0.6 is 0 Å². The van der Waals surface area contributed by atoms with Gasteiger partial charge in [-0.05, 0) is 50.2 Å². The van der Waals surface area contributed by atoms with E-state index in [0.29, 0.717) is 0 Å². The van der Waals surface area contributed by atoms with Gasteiger partial charge in [0.1, 0.15) is 0 Å². The predicted octanol–water partition coefficient (Wildman–Crippen LogP) is 3.54. The molecule has 0 amide bonds. The van der Waals surface area contributed by atoms with Crippen LogP contribution in [-0.2, 0) is 0 Å². The van der Waals surface area contributed by atoms with Gasteiger partial charge in [-0.2, -0.15) is 0 Å². The van der Waals surface area contributed by atoms with Gasteiger partial charge in [0.2, 0.25) is 0 Å². The highest BCUT2D eigenvalue weighted by Crippen LogP contribution is 2.23. The van der Waals surface area contributed by atoms with Crippen LogP contribution in [0.3, 0.4) is 0 Å². The first-order valence-electron chi connectivity index (χ1n) is 5.44. The highest BCUT2D eigenvalue weighted by molar-refractivity contribution is 5.44. The van der Waals surface area contributed by atoms with E-state index in [1.165, 1.54) is 17.6 Å². The molecule has 1 aliphatic rings. The highest BCUT2D eigenvalue weighted by Gasteiger charge is 2.08. The molecule has 0 fully saturated rings. The van der Waals surface area contributed by atoms with Crippen molar-refractivity contribution < 1.29 is 0 Å². The second-order valence-electron chi connectivity index (χ2n) is 4.17. The smallest absolute Gasteiger partial charge is 0.0346 e. The minimum Gasteiger partial charge on any atom is -0.399 e. The van der Waals surface area contributed by atoms with Crippen molar-refractivity contribution in [3.05, 3.63) is 35.1 Å². The van der Waals surface area contributed by atoms with Crippen molar-refractivity contribution in [1.82, 2.24) is 0 Å². The molecule has 0 aliphatic heterocycles. The molecule has 0 aromatic rings. The summed E-state index contributed by atoms with van der Waals surface area (Å²) in [5, 5.41) is 0. The molecule has 0 aromatic heterocycles. The fourth-order valence-electron chi connectivity index (χ4n) is 1.73. The summed E-state index contributed by atoms with van der Waals surface area (Å²) in [6.45, 7) is 6.49. The fourth-order valence-corrected chi connectivity index (χ4v) is 1.73. The number of allylic oxidation sites excluding steroid dienone is 4. The van der Waals surface area contributed by atoms with Crippen LogP contribution < -0.4 is 5.73 Å². The van der Waals surface area contributed by atoms with Gasteiger partial charge in [-0.1, -0.05) is 25.2 Å². The molecule has 78 valence electrons. The topological polar surface area (TPSA) is 26.0 Å². The number of hydrogen-bond acceptors (Lipinski definition) is 1. The Hall–Kier alpha value is -0.980. The van der Waals surface area contributed by atoms with Crippen LogP contribution in [0.1, 0.15) is 40.0 Å². The molecule has 1 aliphatic carbocycles. The van der Waals surface area contributed by atoms with Crippen LogP contribution in [-0.4, -0.2) is 0 Å². The summed E-state index contributed by atoms with van der Waals surface area (Å²) in [6, 6.07) is 0. The van der Waals surface area contributed by atoms with Crippen molar-refractivity contribution in [2.45, 2.75) is 40.0 Å². The Morgan fingerprint density at radius 1 is 1.50 bits per heavy atom. The summed E-state index contributed by atoms with van der Waals surface area (Å²) in [5.74, 6) is 0.777. The maximum atomic E-state index is 6.02. The lowest BCUT2D eigenvalue weighted by Gasteiger charge is -2.15. The average molecular weight is 191 g/mol. The average Bonchev–Trinajstić information content (AvgIpc) is 2.15. The Morgan fingerprint density at radius 3 is 2.86 bits per heavy atom. The summed E-state index contributed by atoms with van der Waals surface area (Å²) in [4.78, 5) is 0. The maximum Gasteiger partial charge on any atom is 0.0346 e. The van der Waals surface area contributed by atoms with Crippen molar-refractivity contribution in [2.24, 2.45) is 11.7 Å². The Morgan fingerprint density at radius 2 is 2.21 bits per heavy atom. The molecule has 1 unspecified atom stereocenters. The van der Waals surface area contributed by atoms with Crippen LogP contribution in [0.2, 0.25) is 0 Å². The molecule has 0 radical (unpaired) electrons. The maximum absolute atomic E-state index is 6.02. The molecule has 0 saturated heterocycles. The van der Waals surface area contributed by atoms with Crippen LogP contribution in [0.25, 0.3) is 0 Å². The second-order valence-corrected chi connectivity index (χ2v) is 4.17. The molecule has 14 heavy (non-hydrogen) atoms. The van der Waals surface area contributed by atoms with E-state index in [1.54, 1.807) is 0 Å². The molecule has 1 nitrogen and oxygen atoms in total. The Bertz CT molecular complexity index is 282. The third-order valence-corrected chi connectivity index (χ3v) is 2.92. The van der Waals surface area contributed by atoms with Gasteiger partial charge in [0.15, 0.2) is 0 Å². The van der Waals surface area contributed by atoms with Gasteiger partial charge in [-0.3, -0.25) is 0 Å². The van der Waals surface area contributed by atoms with Gasteiger partial charge in [-0.25, -0.2) is 0 Å². The van der Waals surface area contributed by atoms with Crippen molar-refractivity contribution >= 4 is 0 Å². The molecule has 1 rings (SSSR count). The van der Waals surface area contributed by atoms with E-state index in [4.69, 9.17) is 5.73 Å². The van der Waals surface area contributed by atoms with Gasteiger partial charge in [-0.15, -0.1) is 0 Å². The van der Waals surface area contributed by atoms with Crippen LogP contribution in [0, 0.1) is 5.92 Å². The highest BCUT2D eigenvalue weighted by atomic mass is 14.6.